The highest BCUT2D eigenvalue weighted by atomic mass is 15.3. The van der Waals surface area contributed by atoms with Crippen LogP contribution in [0.2, 0.25) is 0 Å². The SMILES string of the molecule is NCCC1CCCc2c1cnn2-c1ccccc1. The van der Waals surface area contributed by atoms with E-state index in [2.05, 4.69) is 34.0 Å². The third-order valence-corrected chi connectivity index (χ3v) is 3.82. The van der Waals surface area contributed by atoms with E-state index in [1.54, 1.807) is 0 Å². The van der Waals surface area contributed by atoms with Crippen molar-refractivity contribution in [3.63, 3.8) is 0 Å². The Morgan fingerprint density at radius 1 is 1.28 bits per heavy atom. The number of nitrogens with zero attached hydrogens (tertiary/aromatic N) is 2. The molecular formula is C15H19N3. The van der Waals surface area contributed by atoms with Crippen molar-refractivity contribution in [3.05, 3.63) is 47.8 Å². The quantitative estimate of drug-likeness (QED) is 0.897. The molecule has 1 aromatic heterocycles. The molecule has 0 spiro atoms. The molecule has 3 rings (SSSR count). The van der Waals surface area contributed by atoms with Crippen LogP contribution in [0.25, 0.3) is 5.69 Å². The van der Waals surface area contributed by atoms with E-state index in [1.807, 2.05) is 12.3 Å². The van der Waals surface area contributed by atoms with Crippen LogP contribution in [0.1, 0.15) is 36.4 Å². The molecule has 2 aromatic rings. The van der Waals surface area contributed by atoms with Crippen molar-refractivity contribution in [3.8, 4) is 5.69 Å². The highest BCUT2D eigenvalue weighted by Gasteiger charge is 2.23. The van der Waals surface area contributed by atoms with Crippen LogP contribution in [0.4, 0.5) is 0 Å². The lowest BCUT2D eigenvalue weighted by Crippen LogP contribution is -2.15. The standard InChI is InChI=1S/C15H19N3/c16-10-9-12-5-4-8-15-14(12)11-17-18(15)13-6-2-1-3-7-13/h1-3,6-7,11-12H,4-5,8-10,16H2. The molecule has 0 amide bonds. The van der Waals surface area contributed by atoms with Gasteiger partial charge in [-0.05, 0) is 55.8 Å². The number of nitrogens with two attached hydrogens (primary N) is 1. The molecule has 2 N–H and O–H groups in total. The van der Waals surface area contributed by atoms with E-state index in [-0.39, 0.29) is 0 Å². The zero-order valence-corrected chi connectivity index (χ0v) is 10.5. The maximum absolute atomic E-state index is 5.71. The van der Waals surface area contributed by atoms with Gasteiger partial charge in [-0.1, -0.05) is 18.2 Å². The van der Waals surface area contributed by atoms with Crippen LogP contribution >= 0.6 is 0 Å². The van der Waals surface area contributed by atoms with E-state index >= 15 is 0 Å². The van der Waals surface area contributed by atoms with Crippen molar-refractivity contribution in [1.82, 2.24) is 9.78 Å². The van der Waals surface area contributed by atoms with Crippen molar-refractivity contribution in [2.24, 2.45) is 5.73 Å². The van der Waals surface area contributed by atoms with Crippen LogP contribution < -0.4 is 5.73 Å². The van der Waals surface area contributed by atoms with E-state index in [4.69, 9.17) is 5.73 Å². The molecule has 1 unspecified atom stereocenters. The summed E-state index contributed by atoms with van der Waals surface area (Å²) in [5.74, 6) is 0.608. The number of fused-ring (bicyclic) bond motifs is 1. The topological polar surface area (TPSA) is 43.8 Å². The fourth-order valence-corrected chi connectivity index (χ4v) is 2.94. The van der Waals surface area contributed by atoms with Crippen LogP contribution in [0, 0.1) is 0 Å². The molecule has 1 aliphatic rings. The van der Waals surface area contributed by atoms with Crippen LogP contribution in [0.15, 0.2) is 36.5 Å². The summed E-state index contributed by atoms with van der Waals surface area (Å²) in [5, 5.41) is 4.58. The van der Waals surface area contributed by atoms with Crippen molar-refractivity contribution in [2.75, 3.05) is 6.54 Å². The first-order valence-corrected chi connectivity index (χ1v) is 6.72. The third kappa shape index (κ3) is 1.95. The Morgan fingerprint density at radius 3 is 2.89 bits per heavy atom. The van der Waals surface area contributed by atoms with Crippen LogP contribution in [0.5, 0.6) is 0 Å². The molecule has 1 heterocycles. The summed E-state index contributed by atoms with van der Waals surface area (Å²) < 4.78 is 2.10. The Labute approximate surface area is 108 Å². The predicted molar refractivity (Wildman–Crippen MR) is 72.9 cm³/mol. The second kappa shape index (κ2) is 4.94. The lowest BCUT2D eigenvalue weighted by Gasteiger charge is -2.22. The highest BCUT2D eigenvalue weighted by Crippen LogP contribution is 2.34. The summed E-state index contributed by atoms with van der Waals surface area (Å²) >= 11 is 0. The van der Waals surface area contributed by atoms with Gasteiger partial charge in [0.2, 0.25) is 0 Å². The molecule has 94 valence electrons. The van der Waals surface area contributed by atoms with Gasteiger partial charge in [0.1, 0.15) is 0 Å². The van der Waals surface area contributed by atoms with Gasteiger partial charge < -0.3 is 5.73 Å². The summed E-state index contributed by atoms with van der Waals surface area (Å²) in [6.45, 7) is 0.765. The van der Waals surface area contributed by atoms with E-state index in [0.717, 1.165) is 25.1 Å². The second-order valence-electron chi connectivity index (χ2n) is 4.96. The van der Waals surface area contributed by atoms with Gasteiger partial charge in [-0.25, -0.2) is 4.68 Å². The fourth-order valence-electron chi connectivity index (χ4n) is 2.94. The van der Waals surface area contributed by atoms with Gasteiger partial charge in [0.15, 0.2) is 0 Å². The maximum Gasteiger partial charge on any atom is 0.0648 e. The maximum atomic E-state index is 5.71. The van der Waals surface area contributed by atoms with E-state index in [0.29, 0.717) is 5.92 Å². The van der Waals surface area contributed by atoms with Crippen molar-refractivity contribution in [2.45, 2.75) is 31.6 Å². The molecule has 0 radical (unpaired) electrons. The molecule has 1 atom stereocenters. The Morgan fingerprint density at radius 2 is 2.11 bits per heavy atom. The average Bonchev–Trinajstić information content (AvgIpc) is 2.85. The second-order valence-corrected chi connectivity index (χ2v) is 4.96. The summed E-state index contributed by atoms with van der Waals surface area (Å²) in [6, 6.07) is 10.4. The minimum absolute atomic E-state index is 0.608. The first kappa shape index (κ1) is 11.5. The number of rotatable bonds is 3. The Balaban J connectivity index is 2.00. The lowest BCUT2D eigenvalue weighted by atomic mass is 9.85. The monoisotopic (exact) mass is 241 g/mol. The summed E-state index contributed by atoms with van der Waals surface area (Å²) in [6.07, 6.45) is 6.75. The van der Waals surface area contributed by atoms with E-state index < -0.39 is 0 Å². The molecule has 1 aromatic carbocycles. The molecule has 3 nitrogen and oxygen atoms in total. The highest BCUT2D eigenvalue weighted by molar-refractivity contribution is 5.37. The third-order valence-electron chi connectivity index (χ3n) is 3.82. The zero-order chi connectivity index (χ0) is 12.4. The van der Waals surface area contributed by atoms with Crippen LogP contribution in [0.3, 0.4) is 0 Å². The minimum Gasteiger partial charge on any atom is -0.330 e. The molecule has 0 bridgehead atoms. The Hall–Kier alpha value is -1.61. The average molecular weight is 241 g/mol. The van der Waals surface area contributed by atoms with Crippen molar-refractivity contribution < 1.29 is 0 Å². The predicted octanol–water partition coefficient (Wildman–Crippen LogP) is 2.64. The van der Waals surface area contributed by atoms with Crippen LogP contribution in [-0.2, 0) is 6.42 Å². The summed E-state index contributed by atoms with van der Waals surface area (Å²) in [4.78, 5) is 0. The first-order chi connectivity index (χ1) is 8.90. The first-order valence-electron chi connectivity index (χ1n) is 6.72. The molecule has 0 fully saturated rings. The minimum atomic E-state index is 0.608. The van der Waals surface area contributed by atoms with Crippen molar-refractivity contribution >= 4 is 0 Å². The van der Waals surface area contributed by atoms with Gasteiger partial charge in [-0.3, -0.25) is 0 Å². The van der Waals surface area contributed by atoms with E-state index in [1.165, 1.54) is 24.1 Å². The van der Waals surface area contributed by atoms with E-state index in [9.17, 15) is 0 Å². The number of aromatic nitrogens is 2. The number of hydrogen-bond donors (Lipinski definition) is 1. The van der Waals surface area contributed by atoms with Gasteiger partial charge in [-0.15, -0.1) is 0 Å². The molecule has 18 heavy (non-hydrogen) atoms. The number of para-hydroxylation sites is 1. The Bertz CT molecular complexity index is 516. The normalized spacial score (nSPS) is 18.6. The molecule has 0 saturated carbocycles. The molecule has 0 saturated heterocycles. The smallest absolute Gasteiger partial charge is 0.0648 e. The van der Waals surface area contributed by atoms with Gasteiger partial charge in [0, 0.05) is 5.69 Å². The molecule has 3 heteroatoms. The summed E-state index contributed by atoms with van der Waals surface area (Å²) in [5.41, 5.74) is 9.66. The molecule has 0 aliphatic heterocycles. The number of benzene rings is 1. The summed E-state index contributed by atoms with van der Waals surface area (Å²) in [7, 11) is 0. The lowest BCUT2D eigenvalue weighted by molar-refractivity contribution is 0.518. The van der Waals surface area contributed by atoms with Gasteiger partial charge >= 0.3 is 0 Å². The molecular weight excluding hydrogens is 222 g/mol. The van der Waals surface area contributed by atoms with Crippen molar-refractivity contribution in [1.29, 1.82) is 0 Å². The molecule has 1 aliphatic carbocycles. The number of hydrogen-bond acceptors (Lipinski definition) is 2. The van der Waals surface area contributed by atoms with Gasteiger partial charge in [-0.2, -0.15) is 5.10 Å². The van der Waals surface area contributed by atoms with Crippen LogP contribution in [-0.4, -0.2) is 16.3 Å². The Kier molecular flexibility index (Phi) is 3.15. The zero-order valence-electron chi connectivity index (χ0n) is 10.5. The van der Waals surface area contributed by atoms with Gasteiger partial charge in [0.05, 0.1) is 11.9 Å². The fraction of sp³-hybridized carbons (Fsp3) is 0.400. The van der Waals surface area contributed by atoms with Gasteiger partial charge in [0.25, 0.3) is 0 Å². The largest absolute Gasteiger partial charge is 0.330 e.